The predicted octanol–water partition coefficient (Wildman–Crippen LogP) is 9.05. The van der Waals surface area contributed by atoms with E-state index >= 15 is 0 Å². The van der Waals surface area contributed by atoms with Crippen LogP contribution in [-0.2, 0) is 37.5 Å². The first-order valence-corrected chi connectivity index (χ1v) is 23.6. The summed E-state index contributed by atoms with van der Waals surface area (Å²) in [5, 5.41) is 20.7. The number of quaternary nitrogens is 1. The molecular formula is C46H79NO11P+. The van der Waals surface area contributed by atoms with Crippen molar-refractivity contribution in [3.63, 3.8) is 0 Å². The zero-order chi connectivity index (χ0) is 43.8. The van der Waals surface area contributed by atoms with Crippen LogP contribution in [0.2, 0.25) is 0 Å². The Morgan fingerprint density at radius 1 is 0.814 bits per heavy atom. The second-order valence-corrected chi connectivity index (χ2v) is 17.9. The second kappa shape index (κ2) is 33.0. The van der Waals surface area contributed by atoms with Crippen LogP contribution in [0.25, 0.3) is 0 Å². The number of aliphatic hydroxyl groups is 2. The first kappa shape index (κ1) is 54.3. The van der Waals surface area contributed by atoms with Gasteiger partial charge >= 0.3 is 19.8 Å². The van der Waals surface area contributed by atoms with Crippen molar-refractivity contribution in [2.45, 2.75) is 154 Å². The molecule has 3 N–H and O–H groups in total. The summed E-state index contributed by atoms with van der Waals surface area (Å²) in [7, 11) is 1.31. The van der Waals surface area contributed by atoms with Gasteiger partial charge in [0.2, 0.25) is 0 Å². The molecule has 1 aliphatic carbocycles. The van der Waals surface area contributed by atoms with Gasteiger partial charge < -0.3 is 29.1 Å². The molecule has 1 saturated carbocycles. The molecule has 0 heterocycles. The van der Waals surface area contributed by atoms with Gasteiger partial charge in [0.05, 0.1) is 40.0 Å². The van der Waals surface area contributed by atoms with E-state index in [0.717, 1.165) is 70.6 Å². The number of carbonyl (C=O) groups is 3. The highest BCUT2D eigenvalue weighted by molar-refractivity contribution is 7.47. The van der Waals surface area contributed by atoms with E-state index in [1.54, 1.807) is 12.2 Å². The van der Waals surface area contributed by atoms with Crippen LogP contribution in [0.4, 0.5) is 0 Å². The molecule has 0 spiro atoms. The number of nitrogens with zero attached hydrogens (tertiary/aromatic N) is 1. The predicted molar refractivity (Wildman–Crippen MR) is 234 cm³/mol. The summed E-state index contributed by atoms with van der Waals surface area (Å²) < 4.78 is 34.2. The number of aliphatic hydroxyl groups excluding tert-OH is 2. The highest BCUT2D eigenvalue weighted by Gasteiger charge is 2.39. The number of hydrogen-bond donors (Lipinski definition) is 3. The second-order valence-electron chi connectivity index (χ2n) is 16.5. The Hall–Kier alpha value is -2.70. The molecule has 59 heavy (non-hydrogen) atoms. The number of rotatable bonds is 35. The van der Waals surface area contributed by atoms with E-state index in [0.29, 0.717) is 43.1 Å². The van der Waals surface area contributed by atoms with Crippen LogP contribution in [-0.4, -0.2) is 103 Å². The first-order chi connectivity index (χ1) is 28.2. The molecule has 1 unspecified atom stereocenters. The molecule has 6 atom stereocenters. The van der Waals surface area contributed by atoms with Crippen molar-refractivity contribution < 1.29 is 57.1 Å². The molecule has 1 fully saturated rings. The van der Waals surface area contributed by atoms with E-state index in [-0.39, 0.29) is 44.2 Å². The quantitative estimate of drug-likeness (QED) is 0.0183. The molecule has 0 radical (unpaired) electrons. The Morgan fingerprint density at radius 2 is 1.46 bits per heavy atom. The SMILES string of the molecule is CC/C=C\C/C=C\C/C=C\CCCCCCCC(=O)O[C@H](COC(=O)CCC/C=C\C[C@H]1[C@@H](O)CC(=O)[C@@H]1/C=C/[C@@H](O)CCCCC)COP(=O)(O)OCC[N+](C)(C)C. The summed E-state index contributed by atoms with van der Waals surface area (Å²) in [4.78, 5) is 48.1. The molecule has 0 aromatic heterocycles. The number of carbonyl (C=O) groups excluding carboxylic acids is 3. The maximum atomic E-state index is 12.7. The minimum absolute atomic E-state index is 0.0175. The lowest BCUT2D eigenvalue weighted by atomic mass is 9.90. The molecule has 12 nitrogen and oxygen atoms in total. The first-order valence-electron chi connectivity index (χ1n) is 22.1. The van der Waals surface area contributed by atoms with Crippen LogP contribution in [0.5, 0.6) is 0 Å². The van der Waals surface area contributed by atoms with E-state index in [1.165, 1.54) is 0 Å². The van der Waals surface area contributed by atoms with E-state index < -0.39 is 50.6 Å². The molecule has 1 aliphatic rings. The Morgan fingerprint density at radius 3 is 2.17 bits per heavy atom. The van der Waals surface area contributed by atoms with Gasteiger partial charge in [-0.3, -0.25) is 23.4 Å². The summed E-state index contributed by atoms with van der Waals surface area (Å²) in [6.45, 7) is 3.86. The number of phosphoric ester groups is 1. The lowest BCUT2D eigenvalue weighted by Gasteiger charge is -2.24. The molecule has 0 aromatic rings. The average Bonchev–Trinajstić information content (AvgIpc) is 3.44. The van der Waals surface area contributed by atoms with Crippen molar-refractivity contribution in [2.75, 3.05) is 47.5 Å². The molecule has 1 rings (SSSR count). The van der Waals surface area contributed by atoms with Crippen molar-refractivity contribution in [2.24, 2.45) is 11.8 Å². The summed E-state index contributed by atoms with van der Waals surface area (Å²) in [6.07, 6.45) is 32.1. The fourth-order valence-corrected chi connectivity index (χ4v) is 7.10. The van der Waals surface area contributed by atoms with E-state index in [4.69, 9.17) is 18.5 Å². The molecule has 13 heteroatoms. The number of likely N-dealkylation sites (N-methyl/N-ethyl adjacent to an activating group) is 1. The average molecular weight is 853 g/mol. The number of allylic oxidation sites excluding steroid dienone is 9. The van der Waals surface area contributed by atoms with Gasteiger partial charge in [0, 0.05) is 31.1 Å². The third-order valence-corrected chi connectivity index (χ3v) is 10.9. The van der Waals surface area contributed by atoms with Gasteiger partial charge in [-0.2, -0.15) is 0 Å². The molecule has 0 aromatic carbocycles. The number of ether oxygens (including phenoxy) is 2. The monoisotopic (exact) mass is 853 g/mol. The normalized spacial score (nSPS) is 19.8. The number of hydrogen-bond acceptors (Lipinski definition) is 10. The summed E-state index contributed by atoms with van der Waals surface area (Å²) in [5.74, 6) is -1.76. The zero-order valence-corrected chi connectivity index (χ0v) is 37.8. The lowest BCUT2D eigenvalue weighted by Crippen LogP contribution is -2.37. The molecule has 0 amide bonds. The molecule has 0 aliphatic heterocycles. The third kappa shape index (κ3) is 30.1. The third-order valence-electron chi connectivity index (χ3n) is 9.91. The molecule has 0 bridgehead atoms. The summed E-state index contributed by atoms with van der Waals surface area (Å²) >= 11 is 0. The van der Waals surface area contributed by atoms with Crippen molar-refractivity contribution in [1.82, 2.24) is 0 Å². The number of ketones is 1. The van der Waals surface area contributed by atoms with E-state index in [9.17, 15) is 34.1 Å². The number of esters is 2. The minimum Gasteiger partial charge on any atom is -0.462 e. The van der Waals surface area contributed by atoms with Crippen molar-refractivity contribution >= 4 is 25.5 Å². The van der Waals surface area contributed by atoms with Crippen molar-refractivity contribution in [3.05, 3.63) is 60.8 Å². The fraction of sp³-hybridized carbons (Fsp3) is 0.717. The van der Waals surface area contributed by atoms with Crippen LogP contribution in [0.1, 0.15) is 136 Å². The Kier molecular flexibility index (Phi) is 30.4. The Labute approximate surface area is 356 Å². The number of Topliss-reactive ketones (excluding diaryl/α,β-unsaturated/α-hetero) is 1. The highest BCUT2D eigenvalue weighted by Crippen LogP contribution is 2.43. The summed E-state index contributed by atoms with van der Waals surface area (Å²) in [5.41, 5.74) is 0. The van der Waals surface area contributed by atoms with Crippen molar-refractivity contribution in [3.8, 4) is 0 Å². The summed E-state index contributed by atoms with van der Waals surface area (Å²) in [6, 6.07) is 0. The largest absolute Gasteiger partial charge is 0.472 e. The highest BCUT2D eigenvalue weighted by atomic mass is 31.2. The molecule has 338 valence electrons. The van der Waals surface area contributed by atoms with Gasteiger partial charge in [-0.05, 0) is 64.2 Å². The van der Waals surface area contributed by atoms with Crippen LogP contribution in [0.3, 0.4) is 0 Å². The van der Waals surface area contributed by atoms with Gasteiger partial charge in [0.25, 0.3) is 0 Å². The number of phosphoric acid groups is 1. The van der Waals surface area contributed by atoms with Gasteiger partial charge in [-0.25, -0.2) is 4.57 Å². The zero-order valence-electron chi connectivity index (χ0n) is 36.9. The van der Waals surface area contributed by atoms with Crippen LogP contribution in [0, 0.1) is 11.8 Å². The van der Waals surface area contributed by atoms with Crippen LogP contribution >= 0.6 is 7.82 Å². The molecule has 0 saturated heterocycles. The van der Waals surface area contributed by atoms with Gasteiger partial charge in [-0.15, -0.1) is 0 Å². The van der Waals surface area contributed by atoms with Gasteiger partial charge in [0.1, 0.15) is 25.5 Å². The number of unbranched alkanes of at least 4 members (excludes halogenated alkanes) is 8. The van der Waals surface area contributed by atoms with Crippen LogP contribution in [0.15, 0.2) is 60.8 Å². The molecular weight excluding hydrogens is 773 g/mol. The minimum atomic E-state index is -4.45. The van der Waals surface area contributed by atoms with E-state index in [2.05, 4.69) is 50.3 Å². The van der Waals surface area contributed by atoms with Gasteiger partial charge in [0.15, 0.2) is 6.10 Å². The van der Waals surface area contributed by atoms with Gasteiger partial charge in [-0.1, -0.05) is 113 Å². The maximum Gasteiger partial charge on any atom is 0.472 e. The Bertz CT molecular complexity index is 1350. The lowest BCUT2D eigenvalue weighted by molar-refractivity contribution is -0.870. The maximum absolute atomic E-state index is 12.7. The smallest absolute Gasteiger partial charge is 0.462 e. The standard InChI is InChI=1S/C46H78NO11P/c1-6-8-10-11-12-13-14-15-16-17-18-19-20-21-27-31-46(52)58-40(38-57-59(53,54)56-35-34-47(3,4)5)37-55-45(51)30-26-23-22-25-29-41-42(44(50)36-43(41)49)33-32-39(48)28-24-9-7-2/h8,10,12-13,15-16,22,25,32-33,39-43,48-49H,6-7,9,11,14,17-21,23-24,26-31,34-38H2,1-5H3/p+1/b10-8-,13-12-,16-15-,25-22-,33-32+/t39-,40+,41+,42+,43-/m0/s1. The Balaban J connectivity index is 2.52. The van der Waals surface area contributed by atoms with Crippen molar-refractivity contribution in [1.29, 1.82) is 0 Å². The topological polar surface area (TPSA) is 166 Å². The fourth-order valence-electron chi connectivity index (χ4n) is 6.36. The van der Waals surface area contributed by atoms with Crippen LogP contribution < -0.4 is 0 Å². The van der Waals surface area contributed by atoms with E-state index in [1.807, 2.05) is 33.3 Å².